The maximum atomic E-state index is 12.2. The molecule has 0 aliphatic heterocycles. The van der Waals surface area contributed by atoms with E-state index in [1.807, 2.05) is 31.3 Å². The highest BCUT2D eigenvalue weighted by atomic mass is 16.1. The fourth-order valence-electron chi connectivity index (χ4n) is 2.39. The van der Waals surface area contributed by atoms with Crippen molar-refractivity contribution >= 4 is 11.3 Å². The number of hydrogen-bond acceptors (Lipinski definition) is 3. The highest BCUT2D eigenvalue weighted by molar-refractivity contribution is 5.48. The van der Waals surface area contributed by atoms with Crippen molar-refractivity contribution in [2.75, 3.05) is 5.32 Å². The minimum atomic E-state index is -0.0504. The van der Waals surface area contributed by atoms with Crippen molar-refractivity contribution < 1.29 is 0 Å². The average molecular weight is 293 g/mol. The van der Waals surface area contributed by atoms with Crippen molar-refractivity contribution in [2.24, 2.45) is 0 Å². The highest BCUT2D eigenvalue weighted by Gasteiger charge is 2.03. The standard InChI is InChI=1S/C18H19N3O/c1-12-4-7-17-20-16(9-18(22)21(17)11-12)10-19-15-6-5-13(2)14(3)8-15/h4-9,11,19H,10H2,1-3H3. The van der Waals surface area contributed by atoms with Gasteiger partial charge in [-0.3, -0.25) is 9.20 Å². The number of pyridine rings is 1. The van der Waals surface area contributed by atoms with Crippen molar-refractivity contribution in [3.8, 4) is 0 Å². The zero-order valence-electron chi connectivity index (χ0n) is 13.1. The third-order valence-electron chi connectivity index (χ3n) is 3.84. The molecule has 0 aliphatic carbocycles. The van der Waals surface area contributed by atoms with Gasteiger partial charge in [0, 0.05) is 18.0 Å². The topological polar surface area (TPSA) is 46.4 Å². The molecule has 4 heteroatoms. The Kier molecular flexibility index (Phi) is 3.67. The second-order valence-corrected chi connectivity index (χ2v) is 5.67. The van der Waals surface area contributed by atoms with Crippen molar-refractivity contribution in [1.82, 2.24) is 9.38 Å². The van der Waals surface area contributed by atoms with E-state index in [4.69, 9.17) is 0 Å². The smallest absolute Gasteiger partial charge is 0.258 e. The van der Waals surface area contributed by atoms with E-state index < -0.39 is 0 Å². The molecule has 0 radical (unpaired) electrons. The van der Waals surface area contributed by atoms with Gasteiger partial charge in [0.2, 0.25) is 0 Å². The van der Waals surface area contributed by atoms with E-state index in [9.17, 15) is 4.79 Å². The van der Waals surface area contributed by atoms with Crippen LogP contribution in [0.1, 0.15) is 22.4 Å². The van der Waals surface area contributed by atoms with Crippen LogP contribution in [0.25, 0.3) is 5.65 Å². The fourth-order valence-corrected chi connectivity index (χ4v) is 2.39. The number of aromatic nitrogens is 2. The summed E-state index contributed by atoms with van der Waals surface area (Å²) >= 11 is 0. The lowest BCUT2D eigenvalue weighted by atomic mass is 10.1. The summed E-state index contributed by atoms with van der Waals surface area (Å²) in [6.45, 7) is 6.67. The first-order valence-corrected chi connectivity index (χ1v) is 7.33. The summed E-state index contributed by atoms with van der Waals surface area (Å²) in [5.74, 6) is 0. The van der Waals surface area contributed by atoms with E-state index in [1.54, 1.807) is 10.5 Å². The molecule has 0 atom stereocenters. The van der Waals surface area contributed by atoms with Crippen LogP contribution < -0.4 is 10.9 Å². The molecule has 112 valence electrons. The second kappa shape index (κ2) is 5.64. The van der Waals surface area contributed by atoms with Crippen LogP contribution in [-0.2, 0) is 6.54 Å². The Morgan fingerprint density at radius 1 is 1.05 bits per heavy atom. The number of hydrogen-bond donors (Lipinski definition) is 1. The first-order chi connectivity index (χ1) is 10.5. The van der Waals surface area contributed by atoms with Gasteiger partial charge in [0.25, 0.3) is 5.56 Å². The van der Waals surface area contributed by atoms with Gasteiger partial charge in [-0.1, -0.05) is 12.1 Å². The molecular weight excluding hydrogens is 274 g/mol. The first-order valence-electron chi connectivity index (χ1n) is 7.33. The Balaban J connectivity index is 1.86. The van der Waals surface area contributed by atoms with Crippen LogP contribution in [0.3, 0.4) is 0 Å². The first kappa shape index (κ1) is 14.3. The predicted octanol–water partition coefficient (Wildman–Crippen LogP) is 3.23. The van der Waals surface area contributed by atoms with Gasteiger partial charge in [0.1, 0.15) is 5.65 Å². The maximum Gasteiger partial charge on any atom is 0.258 e. The third-order valence-corrected chi connectivity index (χ3v) is 3.84. The van der Waals surface area contributed by atoms with Crippen LogP contribution in [-0.4, -0.2) is 9.38 Å². The molecule has 3 rings (SSSR count). The van der Waals surface area contributed by atoms with E-state index in [2.05, 4.69) is 36.3 Å². The molecule has 22 heavy (non-hydrogen) atoms. The normalized spacial score (nSPS) is 10.9. The number of rotatable bonds is 3. The molecule has 0 fully saturated rings. The van der Waals surface area contributed by atoms with Gasteiger partial charge in [-0.2, -0.15) is 0 Å². The second-order valence-electron chi connectivity index (χ2n) is 5.67. The lowest BCUT2D eigenvalue weighted by Crippen LogP contribution is -2.17. The summed E-state index contributed by atoms with van der Waals surface area (Å²) in [4.78, 5) is 16.7. The molecule has 0 aliphatic rings. The summed E-state index contributed by atoms with van der Waals surface area (Å²) in [6.07, 6.45) is 1.81. The third kappa shape index (κ3) is 2.86. The molecule has 0 bridgehead atoms. The summed E-state index contributed by atoms with van der Waals surface area (Å²) in [6, 6.07) is 11.6. The van der Waals surface area contributed by atoms with Crippen molar-refractivity contribution in [3.05, 3.63) is 75.3 Å². The number of aryl methyl sites for hydroxylation is 3. The largest absolute Gasteiger partial charge is 0.379 e. The van der Waals surface area contributed by atoms with Crippen LogP contribution in [0, 0.1) is 20.8 Å². The summed E-state index contributed by atoms with van der Waals surface area (Å²) in [7, 11) is 0. The molecule has 1 aromatic carbocycles. The lowest BCUT2D eigenvalue weighted by Gasteiger charge is -2.09. The van der Waals surface area contributed by atoms with E-state index in [0.717, 1.165) is 16.9 Å². The predicted molar refractivity (Wildman–Crippen MR) is 89.4 cm³/mol. The average Bonchev–Trinajstić information content (AvgIpc) is 2.49. The minimum Gasteiger partial charge on any atom is -0.379 e. The van der Waals surface area contributed by atoms with Crippen LogP contribution in [0.15, 0.2) is 47.4 Å². The fraction of sp³-hybridized carbons (Fsp3) is 0.222. The van der Waals surface area contributed by atoms with E-state index >= 15 is 0 Å². The zero-order chi connectivity index (χ0) is 15.7. The van der Waals surface area contributed by atoms with Crippen LogP contribution >= 0.6 is 0 Å². The number of fused-ring (bicyclic) bond motifs is 1. The van der Waals surface area contributed by atoms with Gasteiger partial charge >= 0.3 is 0 Å². The molecule has 0 unspecified atom stereocenters. The molecule has 3 aromatic rings. The number of nitrogens with zero attached hydrogens (tertiary/aromatic N) is 2. The quantitative estimate of drug-likeness (QED) is 0.806. The van der Waals surface area contributed by atoms with Gasteiger partial charge in [-0.25, -0.2) is 4.98 Å². The van der Waals surface area contributed by atoms with Gasteiger partial charge in [-0.15, -0.1) is 0 Å². The molecular formula is C18H19N3O. The highest BCUT2D eigenvalue weighted by Crippen LogP contribution is 2.14. The van der Waals surface area contributed by atoms with Crippen LogP contribution in [0.5, 0.6) is 0 Å². The molecule has 1 N–H and O–H groups in total. The lowest BCUT2D eigenvalue weighted by molar-refractivity contribution is 0.965. The van der Waals surface area contributed by atoms with Crippen molar-refractivity contribution in [1.29, 1.82) is 0 Å². The molecule has 4 nitrogen and oxygen atoms in total. The minimum absolute atomic E-state index is 0.0504. The summed E-state index contributed by atoms with van der Waals surface area (Å²) in [5.41, 5.74) is 5.95. The van der Waals surface area contributed by atoms with Crippen molar-refractivity contribution in [3.63, 3.8) is 0 Å². The molecule has 0 amide bonds. The Hall–Kier alpha value is -2.62. The summed E-state index contributed by atoms with van der Waals surface area (Å²) in [5, 5.41) is 3.32. The Labute approximate surface area is 129 Å². The Morgan fingerprint density at radius 2 is 1.86 bits per heavy atom. The van der Waals surface area contributed by atoms with Crippen LogP contribution in [0.2, 0.25) is 0 Å². The van der Waals surface area contributed by atoms with Crippen molar-refractivity contribution in [2.45, 2.75) is 27.3 Å². The Morgan fingerprint density at radius 3 is 2.64 bits per heavy atom. The van der Waals surface area contributed by atoms with Gasteiger partial charge in [-0.05, 0) is 55.7 Å². The van der Waals surface area contributed by atoms with Crippen LogP contribution in [0.4, 0.5) is 5.69 Å². The molecule has 0 saturated heterocycles. The van der Waals surface area contributed by atoms with E-state index in [0.29, 0.717) is 12.2 Å². The van der Waals surface area contributed by atoms with Gasteiger partial charge in [0.05, 0.1) is 12.2 Å². The molecule has 0 spiro atoms. The number of nitrogens with one attached hydrogen (secondary N) is 1. The molecule has 2 aromatic heterocycles. The van der Waals surface area contributed by atoms with Gasteiger partial charge in [0.15, 0.2) is 0 Å². The maximum absolute atomic E-state index is 12.2. The summed E-state index contributed by atoms with van der Waals surface area (Å²) < 4.78 is 1.58. The zero-order valence-corrected chi connectivity index (χ0v) is 13.1. The molecule has 2 heterocycles. The van der Waals surface area contributed by atoms with E-state index in [1.165, 1.54) is 11.1 Å². The molecule has 0 saturated carbocycles. The number of anilines is 1. The van der Waals surface area contributed by atoms with E-state index in [-0.39, 0.29) is 5.56 Å². The van der Waals surface area contributed by atoms with Gasteiger partial charge < -0.3 is 5.32 Å². The SMILES string of the molecule is Cc1ccc2nc(CNc3ccc(C)c(C)c3)cc(=O)n2c1. The number of benzene rings is 1. The Bertz CT molecular complexity index is 896. The monoisotopic (exact) mass is 293 g/mol.